The molecule has 19 heavy (non-hydrogen) atoms. The van der Waals surface area contributed by atoms with Crippen LogP contribution in [-0.2, 0) is 9.59 Å². The predicted molar refractivity (Wildman–Crippen MR) is 77.7 cm³/mol. The van der Waals surface area contributed by atoms with Gasteiger partial charge < -0.3 is 16.0 Å². The Bertz CT molecular complexity index is 332. The Morgan fingerprint density at radius 3 is 1.58 bits per heavy atom. The van der Waals surface area contributed by atoms with Crippen molar-refractivity contribution in [2.45, 2.75) is 39.8 Å². The maximum Gasteiger partial charge on any atom is 0.246 e. The van der Waals surface area contributed by atoms with E-state index in [1.54, 1.807) is 13.8 Å². The Kier molecular flexibility index (Phi) is 7.75. The minimum absolute atomic E-state index is 0.0356. The van der Waals surface area contributed by atoms with Crippen LogP contribution in [0.15, 0.2) is 24.3 Å². The molecule has 0 unspecified atom stereocenters. The SMILES string of the molecule is C=C(C)C(=O)NCC(CNC(=O)C(=C)C)NC(C)C. The molecule has 108 valence electrons. The molecule has 0 aromatic rings. The fourth-order valence-corrected chi connectivity index (χ4v) is 1.39. The fraction of sp³-hybridized carbons (Fsp3) is 0.571. The van der Waals surface area contributed by atoms with Crippen LogP contribution in [-0.4, -0.2) is 37.0 Å². The van der Waals surface area contributed by atoms with E-state index in [1.807, 2.05) is 13.8 Å². The van der Waals surface area contributed by atoms with Crippen molar-refractivity contribution < 1.29 is 9.59 Å². The van der Waals surface area contributed by atoms with E-state index in [1.165, 1.54) is 0 Å². The quantitative estimate of drug-likeness (QED) is 0.568. The van der Waals surface area contributed by atoms with E-state index < -0.39 is 0 Å². The van der Waals surface area contributed by atoms with Gasteiger partial charge in [0, 0.05) is 36.3 Å². The molecule has 0 saturated heterocycles. The van der Waals surface area contributed by atoms with Crippen molar-refractivity contribution >= 4 is 11.8 Å². The molecule has 0 heterocycles. The van der Waals surface area contributed by atoms with Crippen LogP contribution in [0, 0.1) is 0 Å². The lowest BCUT2D eigenvalue weighted by Crippen LogP contribution is -2.50. The lowest BCUT2D eigenvalue weighted by Gasteiger charge is -2.22. The van der Waals surface area contributed by atoms with Gasteiger partial charge in [-0.05, 0) is 13.8 Å². The number of carbonyl (C=O) groups is 2. The zero-order chi connectivity index (χ0) is 15.0. The Morgan fingerprint density at radius 1 is 0.947 bits per heavy atom. The third-order valence-corrected chi connectivity index (χ3v) is 2.36. The first-order valence-corrected chi connectivity index (χ1v) is 6.37. The summed E-state index contributed by atoms with van der Waals surface area (Å²) < 4.78 is 0. The van der Waals surface area contributed by atoms with Gasteiger partial charge in [-0.1, -0.05) is 27.0 Å². The molecule has 2 amide bonds. The van der Waals surface area contributed by atoms with Gasteiger partial charge in [-0.2, -0.15) is 0 Å². The van der Waals surface area contributed by atoms with Crippen molar-refractivity contribution in [2.75, 3.05) is 13.1 Å². The summed E-state index contributed by atoms with van der Waals surface area (Å²) in [5.74, 6) is -0.358. The second kappa shape index (κ2) is 8.48. The van der Waals surface area contributed by atoms with Gasteiger partial charge in [0.1, 0.15) is 0 Å². The monoisotopic (exact) mass is 267 g/mol. The van der Waals surface area contributed by atoms with Crippen LogP contribution in [0.3, 0.4) is 0 Å². The van der Waals surface area contributed by atoms with E-state index in [0.29, 0.717) is 24.2 Å². The third kappa shape index (κ3) is 8.15. The Hall–Kier alpha value is -1.62. The average molecular weight is 267 g/mol. The molecule has 0 atom stereocenters. The first-order valence-electron chi connectivity index (χ1n) is 6.37. The molecule has 0 radical (unpaired) electrons. The van der Waals surface area contributed by atoms with E-state index in [4.69, 9.17) is 0 Å². The van der Waals surface area contributed by atoms with E-state index in [0.717, 1.165) is 0 Å². The van der Waals surface area contributed by atoms with Crippen LogP contribution in [0.5, 0.6) is 0 Å². The number of nitrogens with one attached hydrogen (secondary N) is 3. The number of rotatable bonds is 8. The topological polar surface area (TPSA) is 70.2 Å². The third-order valence-electron chi connectivity index (χ3n) is 2.36. The minimum Gasteiger partial charge on any atom is -0.351 e. The predicted octanol–water partition coefficient (Wildman–Crippen LogP) is 0.738. The second-order valence-corrected chi connectivity index (χ2v) is 5.00. The van der Waals surface area contributed by atoms with Gasteiger partial charge in [0.15, 0.2) is 0 Å². The number of carbonyl (C=O) groups excluding carboxylic acids is 2. The summed E-state index contributed by atoms with van der Waals surface area (Å²) in [4.78, 5) is 22.9. The Morgan fingerprint density at radius 2 is 1.32 bits per heavy atom. The van der Waals surface area contributed by atoms with Crippen LogP contribution in [0.2, 0.25) is 0 Å². The van der Waals surface area contributed by atoms with E-state index in [2.05, 4.69) is 29.1 Å². The normalized spacial score (nSPS) is 10.4. The molecule has 5 heteroatoms. The highest BCUT2D eigenvalue weighted by Gasteiger charge is 2.13. The molecule has 0 aliphatic rings. The molecule has 0 bridgehead atoms. The molecule has 0 aromatic carbocycles. The van der Waals surface area contributed by atoms with Crippen LogP contribution in [0.25, 0.3) is 0 Å². The fourth-order valence-electron chi connectivity index (χ4n) is 1.39. The van der Waals surface area contributed by atoms with Crippen molar-refractivity contribution in [2.24, 2.45) is 0 Å². The van der Waals surface area contributed by atoms with E-state index in [-0.39, 0.29) is 23.9 Å². The molecule has 0 fully saturated rings. The van der Waals surface area contributed by atoms with Gasteiger partial charge in [-0.15, -0.1) is 0 Å². The molecule has 0 spiro atoms. The summed E-state index contributed by atoms with van der Waals surface area (Å²) in [5.41, 5.74) is 0.934. The largest absolute Gasteiger partial charge is 0.351 e. The summed E-state index contributed by atoms with van der Waals surface area (Å²) in [7, 11) is 0. The number of hydrogen-bond acceptors (Lipinski definition) is 3. The molecule has 0 saturated carbocycles. The number of amides is 2. The number of hydrogen-bond donors (Lipinski definition) is 3. The summed E-state index contributed by atoms with van der Waals surface area (Å²) in [6.45, 7) is 15.3. The second-order valence-electron chi connectivity index (χ2n) is 5.00. The zero-order valence-electron chi connectivity index (χ0n) is 12.3. The molecule has 5 nitrogen and oxygen atoms in total. The first-order chi connectivity index (χ1) is 8.73. The van der Waals surface area contributed by atoms with E-state index >= 15 is 0 Å². The van der Waals surface area contributed by atoms with Gasteiger partial charge in [-0.25, -0.2) is 0 Å². The summed E-state index contributed by atoms with van der Waals surface area (Å²) in [6.07, 6.45) is 0. The van der Waals surface area contributed by atoms with Crippen LogP contribution in [0.1, 0.15) is 27.7 Å². The summed E-state index contributed by atoms with van der Waals surface area (Å²) in [5, 5.41) is 8.81. The smallest absolute Gasteiger partial charge is 0.246 e. The van der Waals surface area contributed by atoms with Crippen molar-refractivity contribution in [3.63, 3.8) is 0 Å². The molecule has 3 N–H and O–H groups in total. The molecular formula is C14H25N3O2. The summed E-state index contributed by atoms with van der Waals surface area (Å²) >= 11 is 0. The van der Waals surface area contributed by atoms with Gasteiger partial charge in [0.05, 0.1) is 0 Å². The Labute approximate surface area is 115 Å². The standard InChI is InChI=1S/C14H25N3O2/c1-9(2)13(18)15-7-12(17-11(5)6)8-16-14(19)10(3)4/h11-12,17H,1,3,7-8H2,2,4-6H3,(H,15,18)(H,16,19). The van der Waals surface area contributed by atoms with Crippen LogP contribution < -0.4 is 16.0 Å². The van der Waals surface area contributed by atoms with Gasteiger partial charge in [0.25, 0.3) is 0 Å². The molecule has 0 aliphatic heterocycles. The van der Waals surface area contributed by atoms with Gasteiger partial charge >= 0.3 is 0 Å². The van der Waals surface area contributed by atoms with Gasteiger partial charge in [-0.3, -0.25) is 9.59 Å². The maximum atomic E-state index is 11.4. The van der Waals surface area contributed by atoms with Gasteiger partial charge in [0.2, 0.25) is 11.8 Å². The van der Waals surface area contributed by atoms with Crippen molar-refractivity contribution in [3.05, 3.63) is 24.3 Å². The Balaban J connectivity index is 4.30. The van der Waals surface area contributed by atoms with Crippen molar-refractivity contribution in [3.8, 4) is 0 Å². The molecular weight excluding hydrogens is 242 g/mol. The first kappa shape index (κ1) is 17.4. The maximum absolute atomic E-state index is 11.4. The van der Waals surface area contributed by atoms with Crippen molar-refractivity contribution in [1.29, 1.82) is 0 Å². The summed E-state index contributed by atoms with van der Waals surface area (Å²) in [6, 6.07) is 0.222. The van der Waals surface area contributed by atoms with Crippen LogP contribution in [0.4, 0.5) is 0 Å². The molecule has 0 rings (SSSR count). The lowest BCUT2D eigenvalue weighted by molar-refractivity contribution is -0.117. The molecule has 0 aliphatic carbocycles. The van der Waals surface area contributed by atoms with Crippen molar-refractivity contribution in [1.82, 2.24) is 16.0 Å². The highest BCUT2D eigenvalue weighted by molar-refractivity contribution is 5.92. The average Bonchev–Trinajstić information content (AvgIpc) is 2.30. The lowest BCUT2D eigenvalue weighted by atomic mass is 10.2. The minimum atomic E-state index is -0.179. The van der Waals surface area contributed by atoms with Crippen LogP contribution >= 0.6 is 0 Å². The highest BCUT2D eigenvalue weighted by atomic mass is 16.2. The zero-order valence-corrected chi connectivity index (χ0v) is 12.3. The molecule has 0 aromatic heterocycles. The highest BCUT2D eigenvalue weighted by Crippen LogP contribution is 1.91. The van der Waals surface area contributed by atoms with E-state index in [9.17, 15) is 9.59 Å².